The van der Waals surface area contributed by atoms with Crippen LogP contribution in [0.3, 0.4) is 0 Å². The van der Waals surface area contributed by atoms with Gasteiger partial charge in [-0.1, -0.05) is 6.07 Å². The Labute approximate surface area is 103 Å². The number of hydrogen-bond acceptors (Lipinski definition) is 3. The lowest BCUT2D eigenvalue weighted by atomic mass is 10.1. The highest BCUT2D eigenvalue weighted by Crippen LogP contribution is 2.20. The van der Waals surface area contributed by atoms with Gasteiger partial charge in [0.2, 0.25) is 5.91 Å². The molecule has 0 saturated heterocycles. The second-order valence-electron chi connectivity index (χ2n) is 4.50. The minimum Gasteiger partial charge on any atom is -0.368 e. The Bertz CT molecular complexity index is 402. The number of amides is 1. The van der Waals surface area contributed by atoms with Crippen LogP contribution in [-0.4, -0.2) is 18.5 Å². The summed E-state index contributed by atoms with van der Waals surface area (Å²) in [7, 11) is 0. The SMILES string of the molecule is Cc1cc(N(CC(N)=O)C(C)C)ccc1CN. The standard InChI is InChI=1S/C13H21N3O/c1-9(2)16(8-13(15)17)12-5-4-11(7-14)10(3)6-12/h4-6,9H,7-8,14H2,1-3H3,(H2,15,17). The molecular formula is C13H21N3O. The van der Waals surface area contributed by atoms with Crippen molar-refractivity contribution in [3.05, 3.63) is 29.3 Å². The van der Waals surface area contributed by atoms with Gasteiger partial charge in [0.1, 0.15) is 0 Å². The highest BCUT2D eigenvalue weighted by molar-refractivity contribution is 5.79. The highest BCUT2D eigenvalue weighted by Gasteiger charge is 2.13. The third kappa shape index (κ3) is 3.46. The molecule has 4 nitrogen and oxygen atoms in total. The van der Waals surface area contributed by atoms with Gasteiger partial charge in [-0.15, -0.1) is 0 Å². The molecule has 4 N–H and O–H groups in total. The van der Waals surface area contributed by atoms with E-state index < -0.39 is 0 Å². The van der Waals surface area contributed by atoms with Crippen molar-refractivity contribution >= 4 is 11.6 Å². The summed E-state index contributed by atoms with van der Waals surface area (Å²) < 4.78 is 0. The van der Waals surface area contributed by atoms with Gasteiger partial charge in [-0.2, -0.15) is 0 Å². The second-order valence-corrected chi connectivity index (χ2v) is 4.50. The van der Waals surface area contributed by atoms with E-state index in [1.165, 1.54) is 0 Å². The lowest BCUT2D eigenvalue weighted by Crippen LogP contribution is -2.38. The molecule has 0 radical (unpaired) electrons. The molecule has 1 aromatic carbocycles. The molecule has 0 aromatic heterocycles. The minimum absolute atomic E-state index is 0.227. The molecule has 0 spiro atoms. The Morgan fingerprint density at radius 2 is 2.06 bits per heavy atom. The Morgan fingerprint density at radius 3 is 2.47 bits per heavy atom. The Balaban J connectivity index is 3.02. The van der Waals surface area contributed by atoms with E-state index >= 15 is 0 Å². The average molecular weight is 235 g/mol. The molecule has 0 heterocycles. The molecule has 0 atom stereocenters. The number of carbonyl (C=O) groups is 1. The van der Waals surface area contributed by atoms with Gasteiger partial charge in [0.15, 0.2) is 0 Å². The molecule has 17 heavy (non-hydrogen) atoms. The number of aryl methyl sites for hydroxylation is 1. The number of carbonyl (C=O) groups excluding carboxylic acids is 1. The first kappa shape index (κ1) is 13.5. The Kier molecular flexibility index (Phi) is 4.52. The van der Waals surface area contributed by atoms with Crippen LogP contribution in [-0.2, 0) is 11.3 Å². The van der Waals surface area contributed by atoms with Crippen molar-refractivity contribution in [1.29, 1.82) is 0 Å². The van der Waals surface area contributed by atoms with Gasteiger partial charge in [0.25, 0.3) is 0 Å². The second kappa shape index (κ2) is 5.68. The summed E-state index contributed by atoms with van der Waals surface area (Å²) in [6, 6.07) is 6.26. The summed E-state index contributed by atoms with van der Waals surface area (Å²) in [4.78, 5) is 13.0. The van der Waals surface area contributed by atoms with Crippen LogP contribution < -0.4 is 16.4 Å². The molecular weight excluding hydrogens is 214 g/mol. The highest BCUT2D eigenvalue weighted by atomic mass is 16.1. The molecule has 0 bridgehead atoms. The van der Waals surface area contributed by atoms with Crippen LogP contribution in [0.2, 0.25) is 0 Å². The van der Waals surface area contributed by atoms with E-state index in [1.54, 1.807) is 0 Å². The molecule has 0 saturated carbocycles. The molecule has 0 aliphatic carbocycles. The number of nitrogens with two attached hydrogens (primary N) is 2. The van der Waals surface area contributed by atoms with Gasteiger partial charge in [-0.05, 0) is 44.0 Å². The molecule has 0 aliphatic heterocycles. The monoisotopic (exact) mass is 235 g/mol. The van der Waals surface area contributed by atoms with Crippen LogP contribution in [0.1, 0.15) is 25.0 Å². The lowest BCUT2D eigenvalue weighted by molar-refractivity contribution is -0.116. The smallest absolute Gasteiger partial charge is 0.236 e. The van der Waals surface area contributed by atoms with Gasteiger partial charge >= 0.3 is 0 Å². The number of anilines is 1. The maximum Gasteiger partial charge on any atom is 0.236 e. The summed E-state index contributed by atoms with van der Waals surface area (Å²) >= 11 is 0. The molecule has 1 aromatic rings. The number of nitrogens with zero attached hydrogens (tertiary/aromatic N) is 1. The summed E-state index contributed by atoms with van der Waals surface area (Å²) in [5, 5.41) is 0. The predicted molar refractivity (Wildman–Crippen MR) is 70.7 cm³/mol. The van der Waals surface area contributed by atoms with E-state index in [0.29, 0.717) is 6.54 Å². The number of primary amides is 1. The van der Waals surface area contributed by atoms with Crippen LogP contribution in [0, 0.1) is 6.92 Å². The first-order valence-corrected chi connectivity index (χ1v) is 5.80. The number of rotatable bonds is 5. The summed E-state index contributed by atoms with van der Waals surface area (Å²) in [5.74, 6) is -0.320. The fourth-order valence-electron chi connectivity index (χ4n) is 1.83. The Hall–Kier alpha value is -1.55. The lowest BCUT2D eigenvalue weighted by Gasteiger charge is -2.28. The van der Waals surface area contributed by atoms with E-state index in [4.69, 9.17) is 11.5 Å². The van der Waals surface area contributed by atoms with Crippen LogP contribution in [0.15, 0.2) is 18.2 Å². The topological polar surface area (TPSA) is 72.3 Å². The van der Waals surface area contributed by atoms with E-state index in [0.717, 1.165) is 16.8 Å². The van der Waals surface area contributed by atoms with Crippen LogP contribution in [0.4, 0.5) is 5.69 Å². The molecule has 1 rings (SSSR count). The van der Waals surface area contributed by atoms with Crippen LogP contribution >= 0.6 is 0 Å². The van der Waals surface area contributed by atoms with Gasteiger partial charge in [0, 0.05) is 18.3 Å². The fraction of sp³-hybridized carbons (Fsp3) is 0.462. The Morgan fingerprint density at radius 1 is 1.41 bits per heavy atom. The largest absolute Gasteiger partial charge is 0.368 e. The maximum absolute atomic E-state index is 11.1. The number of hydrogen-bond donors (Lipinski definition) is 2. The zero-order valence-corrected chi connectivity index (χ0v) is 10.7. The molecule has 0 unspecified atom stereocenters. The predicted octanol–water partition coefficient (Wildman–Crippen LogP) is 1.15. The van der Waals surface area contributed by atoms with E-state index in [9.17, 15) is 4.79 Å². The molecule has 0 aliphatic rings. The van der Waals surface area contributed by atoms with Crippen molar-refractivity contribution in [3.8, 4) is 0 Å². The third-order valence-corrected chi connectivity index (χ3v) is 2.83. The number of benzene rings is 1. The normalized spacial score (nSPS) is 10.6. The van der Waals surface area contributed by atoms with Gasteiger partial charge in [0.05, 0.1) is 6.54 Å². The minimum atomic E-state index is -0.320. The van der Waals surface area contributed by atoms with Crippen LogP contribution in [0.5, 0.6) is 0 Å². The van der Waals surface area contributed by atoms with Crippen molar-refractivity contribution in [2.75, 3.05) is 11.4 Å². The van der Waals surface area contributed by atoms with Crippen molar-refractivity contribution < 1.29 is 4.79 Å². The summed E-state index contributed by atoms with van der Waals surface area (Å²) in [6.45, 7) is 6.86. The maximum atomic E-state index is 11.1. The van der Waals surface area contributed by atoms with Crippen LogP contribution in [0.25, 0.3) is 0 Å². The van der Waals surface area contributed by atoms with E-state index in [1.807, 2.05) is 43.9 Å². The first-order chi connectivity index (χ1) is 7.95. The molecule has 1 amide bonds. The summed E-state index contributed by atoms with van der Waals surface area (Å²) in [5.41, 5.74) is 14.2. The van der Waals surface area contributed by atoms with E-state index in [2.05, 4.69) is 0 Å². The fourth-order valence-corrected chi connectivity index (χ4v) is 1.83. The van der Waals surface area contributed by atoms with Gasteiger partial charge in [-0.25, -0.2) is 0 Å². The first-order valence-electron chi connectivity index (χ1n) is 5.80. The van der Waals surface area contributed by atoms with Crippen molar-refractivity contribution in [2.24, 2.45) is 11.5 Å². The van der Waals surface area contributed by atoms with E-state index in [-0.39, 0.29) is 18.5 Å². The summed E-state index contributed by atoms with van der Waals surface area (Å²) in [6.07, 6.45) is 0. The van der Waals surface area contributed by atoms with Crippen molar-refractivity contribution in [3.63, 3.8) is 0 Å². The third-order valence-electron chi connectivity index (χ3n) is 2.83. The van der Waals surface area contributed by atoms with Gasteiger partial charge in [-0.3, -0.25) is 4.79 Å². The zero-order valence-electron chi connectivity index (χ0n) is 10.7. The average Bonchev–Trinajstić information content (AvgIpc) is 2.25. The van der Waals surface area contributed by atoms with Crippen molar-refractivity contribution in [1.82, 2.24) is 0 Å². The molecule has 0 fully saturated rings. The van der Waals surface area contributed by atoms with Crippen molar-refractivity contribution in [2.45, 2.75) is 33.4 Å². The molecule has 94 valence electrons. The quantitative estimate of drug-likeness (QED) is 0.804. The molecule has 4 heteroatoms. The van der Waals surface area contributed by atoms with Gasteiger partial charge < -0.3 is 16.4 Å². The zero-order chi connectivity index (χ0) is 13.0.